The second kappa shape index (κ2) is 6.38. The first-order chi connectivity index (χ1) is 9.90. The van der Waals surface area contributed by atoms with Gasteiger partial charge in [-0.05, 0) is 6.92 Å². The molecule has 1 amide bonds. The van der Waals surface area contributed by atoms with E-state index in [0.717, 1.165) is 17.1 Å². The number of hydrogen-bond donors (Lipinski definition) is 1. The van der Waals surface area contributed by atoms with Crippen molar-refractivity contribution in [2.75, 3.05) is 0 Å². The van der Waals surface area contributed by atoms with E-state index >= 15 is 0 Å². The molecule has 0 bridgehead atoms. The largest absolute Gasteiger partial charge is 0.343 e. The van der Waals surface area contributed by atoms with Gasteiger partial charge in [-0.3, -0.25) is 14.9 Å². The molecule has 1 heterocycles. The third-order valence-corrected chi connectivity index (χ3v) is 4.40. The second-order valence-electron chi connectivity index (χ2n) is 4.11. The maximum absolute atomic E-state index is 12.2. The molecular weight excluding hydrogens is 337 g/mol. The number of nitro groups is 1. The summed E-state index contributed by atoms with van der Waals surface area (Å²) in [5.41, 5.74) is -0.337. The standard InChI is InChI=1S/C12H9Cl2N3O3S/c1-6(12-15-2-3-21-12)16-11(18)8-4-7(17(19)20)5-9(13)10(8)14/h2-6H,1H3,(H,16,18). The first-order valence-corrected chi connectivity index (χ1v) is 7.37. The minimum Gasteiger partial charge on any atom is -0.343 e. The van der Waals surface area contributed by atoms with E-state index in [4.69, 9.17) is 23.2 Å². The van der Waals surface area contributed by atoms with Gasteiger partial charge in [0, 0.05) is 23.7 Å². The molecule has 0 saturated carbocycles. The fourth-order valence-electron chi connectivity index (χ4n) is 1.63. The molecule has 1 atom stereocenters. The van der Waals surface area contributed by atoms with E-state index in [2.05, 4.69) is 10.3 Å². The quantitative estimate of drug-likeness (QED) is 0.673. The Hall–Kier alpha value is -1.70. The first kappa shape index (κ1) is 15.7. The summed E-state index contributed by atoms with van der Waals surface area (Å²) < 4.78 is 0. The number of aromatic nitrogens is 1. The van der Waals surface area contributed by atoms with E-state index < -0.39 is 10.8 Å². The Morgan fingerprint density at radius 3 is 2.76 bits per heavy atom. The number of benzene rings is 1. The van der Waals surface area contributed by atoms with Crippen LogP contribution < -0.4 is 5.32 Å². The van der Waals surface area contributed by atoms with Crippen molar-refractivity contribution >= 4 is 46.1 Å². The zero-order valence-corrected chi connectivity index (χ0v) is 13.0. The summed E-state index contributed by atoms with van der Waals surface area (Å²) in [6.45, 7) is 1.75. The number of halogens is 2. The van der Waals surface area contributed by atoms with Gasteiger partial charge in [-0.25, -0.2) is 4.98 Å². The van der Waals surface area contributed by atoms with Gasteiger partial charge in [0.2, 0.25) is 0 Å². The fourth-order valence-corrected chi connectivity index (χ4v) is 2.68. The predicted octanol–water partition coefficient (Wildman–Crippen LogP) is 3.85. The Morgan fingerprint density at radius 2 is 2.19 bits per heavy atom. The lowest BCUT2D eigenvalue weighted by Crippen LogP contribution is -2.27. The Kier molecular flexibility index (Phi) is 4.76. The zero-order valence-electron chi connectivity index (χ0n) is 10.7. The van der Waals surface area contributed by atoms with Crippen LogP contribution in [0.25, 0.3) is 0 Å². The number of rotatable bonds is 4. The maximum Gasteiger partial charge on any atom is 0.271 e. The Bertz CT molecular complexity index is 691. The van der Waals surface area contributed by atoms with Crippen LogP contribution in [0.3, 0.4) is 0 Å². The zero-order chi connectivity index (χ0) is 15.6. The highest BCUT2D eigenvalue weighted by atomic mass is 35.5. The van der Waals surface area contributed by atoms with Gasteiger partial charge in [-0.2, -0.15) is 0 Å². The molecule has 2 rings (SSSR count). The minimum absolute atomic E-state index is 0.0221. The van der Waals surface area contributed by atoms with E-state index in [1.165, 1.54) is 11.3 Å². The monoisotopic (exact) mass is 345 g/mol. The van der Waals surface area contributed by atoms with Crippen molar-refractivity contribution in [3.8, 4) is 0 Å². The van der Waals surface area contributed by atoms with Gasteiger partial charge in [-0.15, -0.1) is 11.3 Å². The van der Waals surface area contributed by atoms with Gasteiger partial charge < -0.3 is 5.32 Å². The molecule has 0 radical (unpaired) electrons. The fraction of sp³-hybridized carbons (Fsp3) is 0.167. The predicted molar refractivity (Wildman–Crippen MR) is 81.1 cm³/mol. The molecule has 1 N–H and O–H groups in total. The van der Waals surface area contributed by atoms with Gasteiger partial charge in [0.05, 0.1) is 26.6 Å². The molecule has 0 aliphatic rings. The SMILES string of the molecule is CC(NC(=O)c1cc([N+](=O)[O-])cc(Cl)c1Cl)c1nccs1. The molecule has 0 aliphatic heterocycles. The topological polar surface area (TPSA) is 85.1 Å². The van der Waals surface area contributed by atoms with E-state index in [0.29, 0.717) is 0 Å². The van der Waals surface area contributed by atoms with Gasteiger partial charge in [0.15, 0.2) is 0 Å². The smallest absolute Gasteiger partial charge is 0.271 e. The number of nitrogens with one attached hydrogen (secondary N) is 1. The molecule has 1 aromatic carbocycles. The number of thiazole rings is 1. The lowest BCUT2D eigenvalue weighted by atomic mass is 10.1. The summed E-state index contributed by atoms with van der Waals surface area (Å²) in [4.78, 5) is 26.5. The summed E-state index contributed by atoms with van der Waals surface area (Å²) in [7, 11) is 0. The summed E-state index contributed by atoms with van der Waals surface area (Å²) in [5.74, 6) is -0.548. The molecule has 0 saturated heterocycles. The molecule has 21 heavy (non-hydrogen) atoms. The lowest BCUT2D eigenvalue weighted by Gasteiger charge is -2.12. The summed E-state index contributed by atoms with van der Waals surface area (Å²) in [5, 5.41) is 15.9. The molecule has 0 spiro atoms. The lowest BCUT2D eigenvalue weighted by molar-refractivity contribution is -0.384. The summed E-state index contributed by atoms with van der Waals surface area (Å²) >= 11 is 13.2. The van der Waals surface area contributed by atoms with Crippen molar-refractivity contribution in [2.45, 2.75) is 13.0 Å². The number of hydrogen-bond acceptors (Lipinski definition) is 5. The molecule has 0 aliphatic carbocycles. The molecule has 1 unspecified atom stereocenters. The number of carbonyl (C=O) groups is 1. The van der Waals surface area contributed by atoms with Crippen LogP contribution in [0, 0.1) is 10.1 Å². The highest BCUT2D eigenvalue weighted by Crippen LogP contribution is 2.31. The molecular formula is C12H9Cl2N3O3S. The molecule has 2 aromatic rings. The van der Waals surface area contributed by atoms with E-state index in [-0.39, 0.29) is 27.3 Å². The van der Waals surface area contributed by atoms with Crippen LogP contribution in [-0.2, 0) is 0 Å². The maximum atomic E-state index is 12.2. The Labute approximate surface area is 133 Å². The van der Waals surface area contributed by atoms with Crippen molar-refractivity contribution in [2.24, 2.45) is 0 Å². The summed E-state index contributed by atoms with van der Waals surface area (Å²) in [6, 6.07) is 1.86. The number of nitrogens with zero attached hydrogens (tertiary/aromatic N) is 2. The second-order valence-corrected chi connectivity index (χ2v) is 5.82. The van der Waals surface area contributed by atoms with Gasteiger partial charge in [0.25, 0.3) is 11.6 Å². The third kappa shape index (κ3) is 3.49. The molecule has 110 valence electrons. The third-order valence-electron chi connectivity index (χ3n) is 2.64. The molecule has 0 fully saturated rings. The van der Waals surface area contributed by atoms with Crippen molar-refractivity contribution in [1.82, 2.24) is 10.3 Å². The van der Waals surface area contributed by atoms with Gasteiger partial charge >= 0.3 is 0 Å². The Balaban J connectivity index is 2.28. The normalized spacial score (nSPS) is 12.0. The van der Waals surface area contributed by atoms with Crippen molar-refractivity contribution in [3.05, 3.63) is 54.4 Å². The van der Waals surface area contributed by atoms with E-state index in [1.54, 1.807) is 18.5 Å². The van der Waals surface area contributed by atoms with Crippen LogP contribution in [0.15, 0.2) is 23.7 Å². The molecule has 6 nitrogen and oxygen atoms in total. The van der Waals surface area contributed by atoms with Gasteiger partial charge in [-0.1, -0.05) is 23.2 Å². The van der Waals surface area contributed by atoms with Gasteiger partial charge in [0.1, 0.15) is 5.01 Å². The minimum atomic E-state index is -0.636. The van der Waals surface area contributed by atoms with Crippen LogP contribution in [-0.4, -0.2) is 15.8 Å². The van der Waals surface area contributed by atoms with Crippen LogP contribution in [0.4, 0.5) is 5.69 Å². The number of amides is 1. The highest BCUT2D eigenvalue weighted by Gasteiger charge is 2.21. The van der Waals surface area contributed by atoms with Crippen molar-refractivity contribution in [1.29, 1.82) is 0 Å². The van der Waals surface area contributed by atoms with Crippen molar-refractivity contribution in [3.63, 3.8) is 0 Å². The van der Waals surface area contributed by atoms with Crippen LogP contribution in [0.5, 0.6) is 0 Å². The molecule has 1 aromatic heterocycles. The number of carbonyl (C=O) groups excluding carboxylic acids is 1. The van der Waals surface area contributed by atoms with E-state index in [9.17, 15) is 14.9 Å². The average Bonchev–Trinajstić information content (AvgIpc) is 2.95. The highest BCUT2D eigenvalue weighted by molar-refractivity contribution is 7.09. The first-order valence-electron chi connectivity index (χ1n) is 5.74. The van der Waals surface area contributed by atoms with E-state index in [1.807, 2.05) is 0 Å². The summed E-state index contributed by atoms with van der Waals surface area (Å²) in [6.07, 6.45) is 1.62. The molecule has 9 heteroatoms. The number of non-ortho nitro benzene ring substituents is 1. The van der Waals surface area contributed by atoms with Crippen LogP contribution >= 0.6 is 34.5 Å². The average molecular weight is 346 g/mol. The van der Waals surface area contributed by atoms with Crippen LogP contribution in [0.2, 0.25) is 10.0 Å². The van der Waals surface area contributed by atoms with Crippen LogP contribution in [0.1, 0.15) is 28.3 Å². The number of nitro benzene ring substituents is 1. The Morgan fingerprint density at radius 1 is 1.48 bits per heavy atom. The van der Waals surface area contributed by atoms with Crippen molar-refractivity contribution < 1.29 is 9.72 Å².